The van der Waals surface area contributed by atoms with E-state index in [1.807, 2.05) is 0 Å². The minimum atomic E-state index is -0.386. The molecule has 0 N–H and O–H groups in total. The Kier molecular flexibility index (Phi) is 5.38. The van der Waals surface area contributed by atoms with Crippen LogP contribution in [0.3, 0.4) is 0 Å². The molecule has 3 heterocycles. The van der Waals surface area contributed by atoms with Gasteiger partial charge in [-0.05, 0) is 50.4 Å². The number of rotatable bonds is 4. The van der Waals surface area contributed by atoms with Crippen molar-refractivity contribution in [2.24, 2.45) is 5.92 Å². The number of piperidine rings is 1. The van der Waals surface area contributed by atoms with Gasteiger partial charge in [-0.25, -0.2) is 0 Å². The van der Waals surface area contributed by atoms with Gasteiger partial charge >= 0.3 is 0 Å². The quantitative estimate of drug-likeness (QED) is 0.591. The number of nitrogens with zero attached hydrogens (tertiary/aromatic N) is 3. The van der Waals surface area contributed by atoms with Gasteiger partial charge in [0.1, 0.15) is 0 Å². The fraction of sp³-hybridized carbons (Fsp3) is 0.632. The highest BCUT2D eigenvalue weighted by Gasteiger charge is 2.32. The van der Waals surface area contributed by atoms with Gasteiger partial charge < -0.3 is 14.4 Å². The fourth-order valence-electron chi connectivity index (χ4n) is 4.26. The van der Waals surface area contributed by atoms with Gasteiger partial charge in [0.2, 0.25) is 5.91 Å². The zero-order chi connectivity index (χ0) is 18.8. The van der Waals surface area contributed by atoms with E-state index in [-0.39, 0.29) is 22.8 Å². The Bertz CT molecular complexity index is 711. The van der Waals surface area contributed by atoms with Crippen LogP contribution in [0, 0.1) is 16.0 Å². The van der Waals surface area contributed by atoms with Gasteiger partial charge in [-0.15, -0.1) is 0 Å². The highest BCUT2D eigenvalue weighted by atomic mass is 16.7. The zero-order valence-corrected chi connectivity index (χ0v) is 15.3. The first kappa shape index (κ1) is 18.3. The predicted octanol–water partition coefficient (Wildman–Crippen LogP) is 1.96. The molecule has 1 aromatic carbocycles. The minimum absolute atomic E-state index is 0.0663. The first-order valence-electron chi connectivity index (χ1n) is 9.65. The van der Waals surface area contributed by atoms with Gasteiger partial charge in [0.25, 0.3) is 5.69 Å². The average Bonchev–Trinajstić information content (AvgIpc) is 3.22. The van der Waals surface area contributed by atoms with Gasteiger partial charge in [0.15, 0.2) is 6.29 Å². The van der Waals surface area contributed by atoms with E-state index in [0.29, 0.717) is 32.2 Å². The standard InChI is InChI=1S/C19H25N3O5/c23-18(13-20-8-5-14(6-9-20)19-26-10-11-27-19)21-7-1-2-15-12-16(22(24)25)3-4-17(15)21/h3-4,12,14,19H,1-2,5-11,13H2. The van der Waals surface area contributed by atoms with Crippen LogP contribution in [0.2, 0.25) is 0 Å². The summed E-state index contributed by atoms with van der Waals surface area (Å²) in [6.45, 7) is 4.13. The number of amides is 1. The summed E-state index contributed by atoms with van der Waals surface area (Å²) in [6.07, 6.45) is 3.47. The van der Waals surface area contributed by atoms with Crippen molar-refractivity contribution in [3.63, 3.8) is 0 Å². The Morgan fingerprint density at radius 2 is 1.93 bits per heavy atom. The number of hydrogen-bond donors (Lipinski definition) is 0. The predicted molar refractivity (Wildman–Crippen MR) is 98.6 cm³/mol. The molecular weight excluding hydrogens is 350 g/mol. The first-order chi connectivity index (χ1) is 13.1. The van der Waals surface area contributed by atoms with E-state index in [4.69, 9.17) is 9.47 Å². The van der Waals surface area contributed by atoms with Crippen LogP contribution in [-0.2, 0) is 20.7 Å². The monoisotopic (exact) mass is 375 g/mol. The van der Waals surface area contributed by atoms with E-state index in [1.54, 1.807) is 17.0 Å². The fourth-order valence-corrected chi connectivity index (χ4v) is 4.26. The lowest BCUT2D eigenvalue weighted by atomic mass is 9.96. The number of ether oxygens (including phenoxy) is 2. The number of aryl methyl sites for hydroxylation is 1. The normalized spacial score (nSPS) is 22.0. The third kappa shape index (κ3) is 3.97. The zero-order valence-electron chi connectivity index (χ0n) is 15.3. The maximum absolute atomic E-state index is 12.9. The Balaban J connectivity index is 1.36. The molecule has 0 spiro atoms. The third-order valence-corrected chi connectivity index (χ3v) is 5.72. The van der Waals surface area contributed by atoms with Crippen LogP contribution in [0.25, 0.3) is 0 Å². The van der Waals surface area contributed by atoms with E-state index in [0.717, 1.165) is 50.0 Å². The van der Waals surface area contributed by atoms with Crippen LogP contribution >= 0.6 is 0 Å². The Hall–Kier alpha value is -2.03. The Morgan fingerprint density at radius 1 is 1.19 bits per heavy atom. The number of nitro groups is 1. The van der Waals surface area contributed by atoms with Gasteiger partial charge in [-0.2, -0.15) is 0 Å². The van der Waals surface area contributed by atoms with Crippen LogP contribution in [0.15, 0.2) is 18.2 Å². The number of benzene rings is 1. The first-order valence-corrected chi connectivity index (χ1v) is 9.65. The number of non-ortho nitro benzene ring substituents is 1. The molecule has 27 heavy (non-hydrogen) atoms. The third-order valence-electron chi connectivity index (χ3n) is 5.72. The lowest BCUT2D eigenvalue weighted by molar-refractivity contribution is -0.384. The molecule has 4 rings (SSSR count). The average molecular weight is 375 g/mol. The van der Waals surface area contributed by atoms with Crippen LogP contribution in [0.4, 0.5) is 11.4 Å². The summed E-state index contributed by atoms with van der Waals surface area (Å²) < 4.78 is 11.2. The molecule has 0 atom stereocenters. The summed E-state index contributed by atoms with van der Waals surface area (Å²) >= 11 is 0. The lowest BCUT2D eigenvalue weighted by Gasteiger charge is -2.35. The second-order valence-corrected chi connectivity index (χ2v) is 7.44. The molecule has 1 aromatic rings. The maximum atomic E-state index is 12.9. The van der Waals surface area contributed by atoms with Crippen molar-refractivity contribution in [1.82, 2.24) is 4.90 Å². The summed E-state index contributed by atoms with van der Waals surface area (Å²) in [5, 5.41) is 11.0. The second kappa shape index (κ2) is 7.92. The van der Waals surface area contributed by atoms with Crippen LogP contribution in [0.5, 0.6) is 0 Å². The van der Waals surface area contributed by atoms with Crippen LogP contribution in [0.1, 0.15) is 24.8 Å². The van der Waals surface area contributed by atoms with Crippen molar-refractivity contribution < 1.29 is 19.2 Å². The Labute approximate surface area is 158 Å². The summed E-state index contributed by atoms with van der Waals surface area (Å²) in [6, 6.07) is 4.80. The van der Waals surface area contributed by atoms with E-state index in [9.17, 15) is 14.9 Å². The summed E-state index contributed by atoms with van der Waals surface area (Å²) in [7, 11) is 0. The van der Waals surface area contributed by atoms with Crippen molar-refractivity contribution in [3.8, 4) is 0 Å². The lowest BCUT2D eigenvalue weighted by Crippen LogP contribution is -2.46. The second-order valence-electron chi connectivity index (χ2n) is 7.44. The molecule has 0 saturated carbocycles. The molecule has 0 unspecified atom stereocenters. The van der Waals surface area contributed by atoms with Crippen molar-refractivity contribution in [2.45, 2.75) is 32.0 Å². The van der Waals surface area contributed by atoms with Gasteiger partial charge in [-0.3, -0.25) is 19.8 Å². The summed E-state index contributed by atoms with van der Waals surface area (Å²) in [5.74, 6) is 0.478. The van der Waals surface area contributed by atoms with E-state index < -0.39 is 0 Å². The molecule has 146 valence electrons. The number of carbonyl (C=O) groups is 1. The number of anilines is 1. The summed E-state index contributed by atoms with van der Waals surface area (Å²) in [4.78, 5) is 27.5. The topological polar surface area (TPSA) is 85.2 Å². The van der Waals surface area contributed by atoms with Crippen molar-refractivity contribution in [2.75, 3.05) is 44.3 Å². The molecular formula is C19H25N3O5. The molecule has 8 nitrogen and oxygen atoms in total. The van der Waals surface area contributed by atoms with Crippen molar-refractivity contribution in [3.05, 3.63) is 33.9 Å². The molecule has 3 aliphatic heterocycles. The van der Waals surface area contributed by atoms with Gasteiger partial charge in [-0.1, -0.05) is 0 Å². The van der Waals surface area contributed by atoms with Gasteiger partial charge in [0.05, 0.1) is 24.7 Å². The molecule has 8 heteroatoms. The number of carbonyl (C=O) groups excluding carboxylic acids is 1. The molecule has 0 bridgehead atoms. The maximum Gasteiger partial charge on any atom is 0.269 e. The van der Waals surface area contributed by atoms with Crippen molar-refractivity contribution in [1.29, 1.82) is 0 Å². The number of hydrogen-bond acceptors (Lipinski definition) is 6. The van der Waals surface area contributed by atoms with E-state index >= 15 is 0 Å². The smallest absolute Gasteiger partial charge is 0.269 e. The highest BCUT2D eigenvalue weighted by molar-refractivity contribution is 5.96. The molecule has 0 radical (unpaired) electrons. The molecule has 0 aliphatic carbocycles. The largest absolute Gasteiger partial charge is 0.350 e. The Morgan fingerprint density at radius 3 is 2.63 bits per heavy atom. The van der Waals surface area contributed by atoms with E-state index in [2.05, 4.69) is 4.90 Å². The van der Waals surface area contributed by atoms with Crippen molar-refractivity contribution >= 4 is 17.3 Å². The van der Waals surface area contributed by atoms with Crippen LogP contribution in [-0.4, -0.2) is 61.4 Å². The van der Waals surface area contributed by atoms with Crippen LogP contribution < -0.4 is 4.90 Å². The number of nitro benzene ring substituents is 1. The molecule has 0 aromatic heterocycles. The number of fused-ring (bicyclic) bond motifs is 1. The molecule has 2 saturated heterocycles. The van der Waals surface area contributed by atoms with E-state index in [1.165, 1.54) is 6.07 Å². The number of likely N-dealkylation sites (tertiary alicyclic amines) is 1. The van der Waals surface area contributed by atoms with Gasteiger partial charge in [0, 0.05) is 30.3 Å². The summed E-state index contributed by atoms with van der Waals surface area (Å²) in [5.41, 5.74) is 1.79. The SMILES string of the molecule is O=C(CN1CCC(C2OCCO2)CC1)N1CCCc2cc([N+](=O)[O-])ccc21. The minimum Gasteiger partial charge on any atom is -0.350 e. The molecule has 2 fully saturated rings. The highest BCUT2D eigenvalue weighted by Crippen LogP contribution is 2.31. The molecule has 1 amide bonds. The molecule has 3 aliphatic rings.